The highest BCUT2D eigenvalue weighted by Gasteiger charge is 2.15. The molecule has 7 heteroatoms. The lowest BCUT2D eigenvalue weighted by atomic mass is 10.1. The minimum absolute atomic E-state index is 0.161. The number of para-hydroxylation sites is 3. The fourth-order valence-corrected chi connectivity index (χ4v) is 3.88. The Labute approximate surface area is 169 Å². The Morgan fingerprint density at radius 1 is 1.00 bits per heavy atom. The standard InChI is InChI=1S/C22H16N2O4S/c1-26-20-10-14-13-6-2-4-8-17(13)27-19(14)11-16(20)23-21(25)12-29-22-24-15-7-3-5-9-18(15)28-22/h2-11H,12H2,1H3,(H,23,25). The molecule has 0 saturated carbocycles. The van der Waals surface area contributed by atoms with Gasteiger partial charge in [-0.05, 0) is 24.3 Å². The summed E-state index contributed by atoms with van der Waals surface area (Å²) < 4.78 is 17.0. The molecular weight excluding hydrogens is 388 g/mol. The number of hydrogen-bond donors (Lipinski definition) is 1. The highest BCUT2D eigenvalue weighted by Crippen LogP contribution is 2.36. The zero-order valence-corrected chi connectivity index (χ0v) is 16.3. The molecule has 0 saturated heterocycles. The van der Waals surface area contributed by atoms with Crippen molar-refractivity contribution < 1.29 is 18.4 Å². The summed E-state index contributed by atoms with van der Waals surface area (Å²) in [7, 11) is 1.58. The molecule has 2 aromatic heterocycles. The third kappa shape index (κ3) is 3.30. The van der Waals surface area contributed by atoms with Crippen LogP contribution in [-0.2, 0) is 4.79 Å². The predicted molar refractivity (Wildman–Crippen MR) is 114 cm³/mol. The minimum Gasteiger partial charge on any atom is -0.495 e. The molecule has 6 nitrogen and oxygen atoms in total. The number of fused-ring (bicyclic) bond motifs is 4. The molecule has 5 rings (SSSR count). The molecule has 3 aromatic carbocycles. The number of nitrogens with zero attached hydrogens (tertiary/aromatic N) is 1. The Morgan fingerprint density at radius 3 is 2.62 bits per heavy atom. The second-order valence-electron chi connectivity index (χ2n) is 6.43. The van der Waals surface area contributed by atoms with Gasteiger partial charge < -0.3 is 18.9 Å². The summed E-state index contributed by atoms with van der Waals surface area (Å²) in [4.78, 5) is 16.9. The number of benzene rings is 3. The predicted octanol–water partition coefficient (Wildman–Crippen LogP) is 5.47. The molecule has 0 aliphatic rings. The Kier molecular flexibility index (Phi) is 4.37. The summed E-state index contributed by atoms with van der Waals surface area (Å²) >= 11 is 1.24. The zero-order valence-electron chi connectivity index (χ0n) is 15.5. The summed E-state index contributed by atoms with van der Waals surface area (Å²) in [6.45, 7) is 0. The van der Waals surface area contributed by atoms with Gasteiger partial charge in [0, 0.05) is 16.8 Å². The monoisotopic (exact) mass is 404 g/mol. The first kappa shape index (κ1) is 17.6. The van der Waals surface area contributed by atoms with Crippen molar-refractivity contribution in [2.75, 3.05) is 18.2 Å². The first-order chi connectivity index (χ1) is 14.2. The van der Waals surface area contributed by atoms with Crippen molar-refractivity contribution in [1.29, 1.82) is 0 Å². The van der Waals surface area contributed by atoms with Gasteiger partial charge in [-0.25, -0.2) is 4.98 Å². The van der Waals surface area contributed by atoms with E-state index in [0.717, 1.165) is 21.9 Å². The molecule has 0 spiro atoms. The van der Waals surface area contributed by atoms with Crippen molar-refractivity contribution in [3.8, 4) is 5.75 Å². The molecule has 5 aromatic rings. The van der Waals surface area contributed by atoms with E-state index in [-0.39, 0.29) is 11.7 Å². The number of rotatable bonds is 5. The Morgan fingerprint density at radius 2 is 1.79 bits per heavy atom. The molecule has 0 aliphatic heterocycles. The summed E-state index contributed by atoms with van der Waals surface area (Å²) in [6.07, 6.45) is 0. The molecule has 1 N–H and O–H groups in total. The van der Waals surface area contributed by atoms with Gasteiger partial charge in [0.2, 0.25) is 5.91 Å². The topological polar surface area (TPSA) is 77.5 Å². The summed E-state index contributed by atoms with van der Waals surface area (Å²) in [6, 6.07) is 19.0. The van der Waals surface area contributed by atoms with Crippen molar-refractivity contribution in [1.82, 2.24) is 4.98 Å². The number of ether oxygens (including phenoxy) is 1. The maximum atomic E-state index is 12.5. The summed E-state index contributed by atoms with van der Waals surface area (Å²) in [5.41, 5.74) is 3.51. The van der Waals surface area contributed by atoms with Crippen LogP contribution < -0.4 is 10.1 Å². The van der Waals surface area contributed by atoms with Crippen LogP contribution in [-0.4, -0.2) is 23.8 Å². The number of amides is 1. The maximum Gasteiger partial charge on any atom is 0.257 e. The summed E-state index contributed by atoms with van der Waals surface area (Å²) in [5.74, 6) is 0.545. The van der Waals surface area contributed by atoms with Crippen molar-refractivity contribution >= 4 is 56.4 Å². The normalized spacial score (nSPS) is 11.3. The largest absolute Gasteiger partial charge is 0.495 e. The second-order valence-corrected chi connectivity index (χ2v) is 7.36. The number of aromatic nitrogens is 1. The molecule has 0 bridgehead atoms. The Hall–Kier alpha value is -3.45. The fourth-order valence-electron chi connectivity index (χ4n) is 3.24. The molecule has 144 valence electrons. The lowest BCUT2D eigenvalue weighted by molar-refractivity contribution is -0.113. The number of thioether (sulfide) groups is 1. The molecule has 2 heterocycles. The first-order valence-corrected chi connectivity index (χ1v) is 9.97. The van der Waals surface area contributed by atoms with E-state index in [0.29, 0.717) is 27.8 Å². The number of hydrogen-bond acceptors (Lipinski definition) is 6. The van der Waals surface area contributed by atoms with Gasteiger partial charge in [0.25, 0.3) is 5.22 Å². The average molecular weight is 404 g/mol. The quantitative estimate of drug-likeness (QED) is 0.392. The van der Waals surface area contributed by atoms with E-state index in [4.69, 9.17) is 13.6 Å². The van der Waals surface area contributed by atoms with Gasteiger partial charge in [-0.15, -0.1) is 0 Å². The van der Waals surface area contributed by atoms with Gasteiger partial charge in [-0.2, -0.15) is 0 Å². The lowest BCUT2D eigenvalue weighted by Crippen LogP contribution is -2.14. The maximum absolute atomic E-state index is 12.5. The average Bonchev–Trinajstić information content (AvgIpc) is 3.32. The SMILES string of the molecule is COc1cc2c(cc1NC(=O)CSc1nc3ccccc3o1)oc1ccccc12. The van der Waals surface area contributed by atoms with Crippen LogP contribution in [0.1, 0.15) is 0 Å². The van der Waals surface area contributed by atoms with Crippen molar-refractivity contribution in [2.45, 2.75) is 5.22 Å². The third-order valence-corrected chi connectivity index (χ3v) is 5.40. The van der Waals surface area contributed by atoms with Crippen LogP contribution in [0.4, 0.5) is 5.69 Å². The van der Waals surface area contributed by atoms with Gasteiger partial charge in [-0.3, -0.25) is 4.79 Å². The Bertz CT molecular complexity index is 1320. The number of nitrogens with one attached hydrogen (secondary N) is 1. The summed E-state index contributed by atoms with van der Waals surface area (Å²) in [5, 5.41) is 5.29. The lowest BCUT2D eigenvalue weighted by Gasteiger charge is -2.09. The number of methoxy groups -OCH3 is 1. The van der Waals surface area contributed by atoms with E-state index in [1.807, 2.05) is 54.6 Å². The number of furan rings is 1. The fraction of sp³-hybridized carbons (Fsp3) is 0.0909. The highest BCUT2D eigenvalue weighted by atomic mass is 32.2. The van der Waals surface area contributed by atoms with E-state index in [1.165, 1.54) is 11.8 Å². The third-order valence-electron chi connectivity index (χ3n) is 4.57. The smallest absolute Gasteiger partial charge is 0.257 e. The van der Waals surface area contributed by atoms with Crippen LogP contribution in [0, 0.1) is 0 Å². The molecule has 0 unspecified atom stereocenters. The van der Waals surface area contributed by atoms with Gasteiger partial charge in [0.05, 0.1) is 18.6 Å². The van der Waals surface area contributed by atoms with E-state index in [9.17, 15) is 4.79 Å². The molecule has 0 fully saturated rings. The van der Waals surface area contributed by atoms with Crippen molar-refractivity contribution in [3.63, 3.8) is 0 Å². The van der Waals surface area contributed by atoms with E-state index in [1.54, 1.807) is 13.2 Å². The Balaban J connectivity index is 1.37. The van der Waals surface area contributed by atoms with E-state index >= 15 is 0 Å². The number of oxazole rings is 1. The molecule has 0 atom stereocenters. The van der Waals surface area contributed by atoms with Crippen molar-refractivity contribution in [3.05, 3.63) is 60.7 Å². The molecule has 29 heavy (non-hydrogen) atoms. The first-order valence-electron chi connectivity index (χ1n) is 8.99. The van der Waals surface area contributed by atoms with Crippen LogP contribution in [0.25, 0.3) is 33.0 Å². The molecule has 1 amide bonds. The van der Waals surface area contributed by atoms with Gasteiger partial charge in [-0.1, -0.05) is 42.1 Å². The van der Waals surface area contributed by atoms with E-state index < -0.39 is 0 Å². The van der Waals surface area contributed by atoms with E-state index in [2.05, 4.69) is 10.3 Å². The van der Waals surface area contributed by atoms with Crippen LogP contribution in [0.2, 0.25) is 0 Å². The van der Waals surface area contributed by atoms with Crippen LogP contribution in [0.5, 0.6) is 5.75 Å². The minimum atomic E-state index is -0.189. The number of anilines is 1. The van der Waals surface area contributed by atoms with Crippen LogP contribution in [0.3, 0.4) is 0 Å². The molecule has 0 aliphatic carbocycles. The van der Waals surface area contributed by atoms with Crippen molar-refractivity contribution in [2.24, 2.45) is 0 Å². The molecule has 0 radical (unpaired) electrons. The van der Waals surface area contributed by atoms with Gasteiger partial charge in [0.1, 0.15) is 22.4 Å². The number of carbonyl (C=O) groups excluding carboxylic acids is 1. The highest BCUT2D eigenvalue weighted by molar-refractivity contribution is 7.99. The second kappa shape index (κ2) is 7.18. The van der Waals surface area contributed by atoms with Gasteiger partial charge in [0.15, 0.2) is 5.58 Å². The number of carbonyl (C=O) groups is 1. The zero-order chi connectivity index (χ0) is 19.8. The molecular formula is C22H16N2O4S. The van der Waals surface area contributed by atoms with Gasteiger partial charge >= 0.3 is 0 Å². The van der Waals surface area contributed by atoms with Crippen LogP contribution >= 0.6 is 11.8 Å². The van der Waals surface area contributed by atoms with Crippen LogP contribution in [0.15, 0.2) is 74.7 Å².